The number of amides is 1. The summed E-state index contributed by atoms with van der Waals surface area (Å²) in [5.74, 6) is -1.47. The minimum absolute atomic E-state index is 0. The number of carbonyl (C=O) groups excluding carboxylic acids is 1. The van der Waals surface area contributed by atoms with Crippen LogP contribution in [0.15, 0.2) is 18.3 Å². The average molecular weight is 374 g/mol. The van der Waals surface area contributed by atoms with Crippen molar-refractivity contribution in [3.05, 3.63) is 28.8 Å². The predicted molar refractivity (Wildman–Crippen MR) is 87.3 cm³/mol. The number of carbonyl (C=O) groups is 2. The van der Waals surface area contributed by atoms with Gasteiger partial charge in [-0.1, -0.05) is 6.92 Å². The summed E-state index contributed by atoms with van der Waals surface area (Å²) in [4.78, 5) is 27.3. The number of aliphatic carboxylic acids is 1. The quantitative estimate of drug-likeness (QED) is 0.737. The van der Waals surface area contributed by atoms with Crippen molar-refractivity contribution < 1.29 is 14.7 Å². The minimum Gasteiger partial charge on any atom is -0.480 e. The topological polar surface area (TPSA) is 105 Å². The summed E-state index contributed by atoms with van der Waals surface area (Å²) in [6.45, 7) is 1.94. The molecule has 0 aliphatic heterocycles. The minimum atomic E-state index is -1.14. The van der Waals surface area contributed by atoms with E-state index in [9.17, 15) is 9.59 Å². The molecule has 0 spiro atoms. The first-order valence-electron chi connectivity index (χ1n) is 6.17. The maximum absolute atomic E-state index is 12.0. The molecule has 0 fully saturated rings. The number of thiophene rings is 1. The van der Waals surface area contributed by atoms with E-state index in [1.54, 1.807) is 12.3 Å². The summed E-state index contributed by atoms with van der Waals surface area (Å²) in [7, 11) is 0. The molecule has 0 unspecified atom stereocenters. The Bertz CT molecular complexity index is 659. The molecule has 8 heteroatoms. The highest BCUT2D eigenvalue weighted by Gasteiger charge is 2.16. The molecule has 2 aromatic rings. The Balaban J connectivity index is 0.00000220. The molecule has 0 saturated carbocycles. The highest BCUT2D eigenvalue weighted by atomic mass is 79.9. The average Bonchev–Trinajstić information content (AvgIpc) is 2.87. The first-order valence-corrected chi connectivity index (χ1v) is 6.98. The number of hydrogen-bond acceptors (Lipinski definition) is 5. The zero-order valence-electron chi connectivity index (χ0n) is 11.3. The van der Waals surface area contributed by atoms with Crippen LogP contribution in [-0.4, -0.2) is 34.6 Å². The van der Waals surface area contributed by atoms with Gasteiger partial charge in [0.25, 0.3) is 5.91 Å². The maximum Gasteiger partial charge on any atom is 0.322 e. The van der Waals surface area contributed by atoms with E-state index in [0.717, 1.165) is 22.2 Å². The fourth-order valence-electron chi connectivity index (χ4n) is 1.76. The van der Waals surface area contributed by atoms with Gasteiger partial charge in [-0.05, 0) is 24.1 Å². The molecule has 0 saturated heterocycles. The Morgan fingerprint density at radius 3 is 2.86 bits per heavy atom. The van der Waals surface area contributed by atoms with Crippen molar-refractivity contribution in [1.29, 1.82) is 0 Å². The number of halogens is 1. The number of nitrogens with one attached hydrogen (secondary N) is 1. The summed E-state index contributed by atoms with van der Waals surface area (Å²) in [6.07, 6.45) is 2.58. The second-order valence-corrected chi connectivity index (χ2v) is 5.36. The third-order valence-electron chi connectivity index (χ3n) is 2.90. The Hall–Kier alpha value is -1.51. The van der Waals surface area contributed by atoms with Crippen LogP contribution in [0.2, 0.25) is 0 Å². The Morgan fingerprint density at radius 1 is 1.52 bits per heavy atom. The number of nitrogens with zero attached hydrogens (tertiary/aromatic N) is 1. The van der Waals surface area contributed by atoms with Gasteiger partial charge in [0.05, 0.1) is 15.1 Å². The molecule has 114 valence electrons. The number of aryl methyl sites for hydroxylation is 1. The molecular formula is C13H16BrN3O3S. The van der Waals surface area contributed by atoms with Crippen LogP contribution in [0.25, 0.3) is 10.2 Å². The van der Waals surface area contributed by atoms with E-state index < -0.39 is 12.0 Å². The third-order valence-corrected chi connectivity index (χ3v) is 4.10. The lowest BCUT2D eigenvalue weighted by Gasteiger charge is -2.06. The van der Waals surface area contributed by atoms with Crippen LogP contribution in [0.5, 0.6) is 0 Å². The van der Waals surface area contributed by atoms with Crippen molar-refractivity contribution in [3.63, 3.8) is 0 Å². The fraction of sp³-hybridized carbons (Fsp3) is 0.308. The van der Waals surface area contributed by atoms with Gasteiger partial charge in [0, 0.05) is 12.7 Å². The summed E-state index contributed by atoms with van der Waals surface area (Å²) in [6, 6.07) is 2.54. The molecule has 0 aliphatic rings. The smallest absolute Gasteiger partial charge is 0.322 e. The number of fused-ring (bicyclic) bond motifs is 1. The van der Waals surface area contributed by atoms with Crippen LogP contribution < -0.4 is 11.1 Å². The first-order chi connectivity index (χ1) is 9.52. The Labute approximate surface area is 136 Å². The van der Waals surface area contributed by atoms with Gasteiger partial charge in [0.2, 0.25) is 0 Å². The zero-order valence-corrected chi connectivity index (χ0v) is 13.9. The lowest BCUT2D eigenvalue weighted by atomic mass is 10.2. The van der Waals surface area contributed by atoms with Crippen LogP contribution in [0.1, 0.15) is 22.2 Å². The molecule has 4 N–H and O–H groups in total. The highest BCUT2D eigenvalue weighted by molar-refractivity contribution is 8.93. The number of pyridine rings is 1. The van der Waals surface area contributed by atoms with Crippen molar-refractivity contribution in [2.45, 2.75) is 19.4 Å². The van der Waals surface area contributed by atoms with Gasteiger partial charge in [0.15, 0.2) is 0 Å². The second kappa shape index (κ2) is 7.48. The van der Waals surface area contributed by atoms with Gasteiger partial charge in [0.1, 0.15) is 6.04 Å². The molecule has 0 bridgehead atoms. The molecule has 2 aromatic heterocycles. The molecule has 21 heavy (non-hydrogen) atoms. The lowest BCUT2D eigenvalue weighted by Crippen LogP contribution is -2.42. The Kier molecular flexibility index (Phi) is 6.25. The van der Waals surface area contributed by atoms with Crippen LogP contribution in [0, 0.1) is 0 Å². The number of rotatable bonds is 5. The standard InChI is InChI=1S/C13H15N3O3S.BrH/c1-2-7-3-4-15-9-5-10(20-11(7)9)12(17)16-6-8(14)13(18)19;/h3-5,8H,2,6,14H2,1H3,(H,16,17)(H,18,19);1H/t8-;/m1./s1. The van der Waals surface area contributed by atoms with Gasteiger partial charge < -0.3 is 16.2 Å². The summed E-state index contributed by atoms with van der Waals surface area (Å²) in [5.41, 5.74) is 7.26. The molecule has 0 aliphatic carbocycles. The van der Waals surface area contributed by atoms with Crippen LogP contribution in [0.4, 0.5) is 0 Å². The van der Waals surface area contributed by atoms with E-state index in [2.05, 4.69) is 10.3 Å². The van der Waals surface area contributed by atoms with Gasteiger partial charge in [-0.2, -0.15) is 0 Å². The maximum atomic E-state index is 12.0. The third kappa shape index (κ3) is 3.99. The number of nitrogens with two attached hydrogens (primary N) is 1. The summed E-state index contributed by atoms with van der Waals surface area (Å²) in [5, 5.41) is 11.2. The van der Waals surface area contributed by atoms with E-state index in [-0.39, 0.29) is 29.4 Å². The summed E-state index contributed by atoms with van der Waals surface area (Å²) >= 11 is 1.35. The number of hydrogen-bond donors (Lipinski definition) is 3. The normalized spacial score (nSPS) is 11.7. The van der Waals surface area contributed by atoms with Gasteiger partial charge in [-0.15, -0.1) is 28.3 Å². The largest absolute Gasteiger partial charge is 0.480 e. The molecule has 1 atom stereocenters. The van der Waals surface area contributed by atoms with Crippen LogP contribution in [0.3, 0.4) is 0 Å². The predicted octanol–water partition coefficient (Wildman–Crippen LogP) is 1.58. The van der Waals surface area contributed by atoms with Crippen molar-refractivity contribution >= 4 is 50.4 Å². The van der Waals surface area contributed by atoms with Crippen molar-refractivity contribution in [1.82, 2.24) is 10.3 Å². The molecule has 6 nitrogen and oxygen atoms in total. The van der Waals surface area contributed by atoms with E-state index in [1.165, 1.54) is 11.3 Å². The Morgan fingerprint density at radius 2 is 2.24 bits per heavy atom. The SMILES string of the molecule is Br.CCc1ccnc2cc(C(=O)NC[C@@H](N)C(=O)O)sc12. The van der Waals surface area contributed by atoms with Crippen molar-refractivity contribution in [2.24, 2.45) is 5.73 Å². The van der Waals surface area contributed by atoms with Gasteiger partial charge in [-0.3, -0.25) is 14.6 Å². The first kappa shape index (κ1) is 17.5. The molecule has 2 heterocycles. The second-order valence-electron chi connectivity index (χ2n) is 4.30. The lowest BCUT2D eigenvalue weighted by molar-refractivity contribution is -0.138. The van der Waals surface area contributed by atoms with Crippen molar-refractivity contribution in [3.8, 4) is 0 Å². The highest BCUT2D eigenvalue weighted by Crippen LogP contribution is 2.27. The fourth-order valence-corrected chi connectivity index (χ4v) is 2.87. The van der Waals surface area contributed by atoms with Gasteiger partial charge in [-0.25, -0.2) is 0 Å². The number of carboxylic acid groups (broad SMARTS) is 1. The van der Waals surface area contributed by atoms with Crippen LogP contribution in [-0.2, 0) is 11.2 Å². The molecule has 0 radical (unpaired) electrons. The molecule has 2 rings (SSSR count). The molecule has 1 amide bonds. The molecular weight excluding hydrogens is 358 g/mol. The monoisotopic (exact) mass is 373 g/mol. The number of carboxylic acids is 1. The van der Waals surface area contributed by atoms with Gasteiger partial charge >= 0.3 is 5.97 Å². The van der Waals surface area contributed by atoms with Crippen LogP contribution >= 0.6 is 28.3 Å². The summed E-state index contributed by atoms with van der Waals surface area (Å²) < 4.78 is 0.989. The van der Waals surface area contributed by atoms with E-state index in [1.807, 2.05) is 13.0 Å². The van der Waals surface area contributed by atoms with Crippen molar-refractivity contribution in [2.75, 3.05) is 6.54 Å². The molecule has 0 aromatic carbocycles. The van der Waals surface area contributed by atoms with E-state index >= 15 is 0 Å². The number of aromatic nitrogens is 1. The van der Waals surface area contributed by atoms with E-state index in [4.69, 9.17) is 10.8 Å². The zero-order chi connectivity index (χ0) is 14.7. The van der Waals surface area contributed by atoms with E-state index in [0.29, 0.717) is 4.88 Å².